The van der Waals surface area contributed by atoms with E-state index in [2.05, 4.69) is 5.32 Å². The van der Waals surface area contributed by atoms with Crippen LogP contribution in [0.15, 0.2) is 24.3 Å². The molecule has 0 bridgehead atoms. The molecular formula is C18H30N2O4S. The molecule has 0 spiro atoms. The fraction of sp³-hybridized carbons (Fsp3) is 0.611. The number of sulfonamides is 1. The minimum Gasteiger partial charge on any atom is -0.497 e. The van der Waals surface area contributed by atoms with Gasteiger partial charge in [-0.15, -0.1) is 0 Å². The smallest absolute Gasteiger partial charge is 0.251 e. The summed E-state index contributed by atoms with van der Waals surface area (Å²) in [7, 11) is -1.85. The molecule has 1 amide bonds. The van der Waals surface area contributed by atoms with Gasteiger partial charge in [-0.2, -0.15) is 0 Å². The van der Waals surface area contributed by atoms with E-state index in [0.29, 0.717) is 24.4 Å². The number of nitrogens with one attached hydrogen (secondary N) is 1. The van der Waals surface area contributed by atoms with Crippen LogP contribution in [-0.2, 0) is 10.0 Å². The molecule has 1 aromatic rings. The molecule has 0 saturated heterocycles. The topological polar surface area (TPSA) is 75.7 Å². The van der Waals surface area contributed by atoms with Crippen LogP contribution in [0.3, 0.4) is 0 Å². The van der Waals surface area contributed by atoms with Crippen molar-refractivity contribution in [3.05, 3.63) is 29.8 Å². The molecule has 0 fully saturated rings. The van der Waals surface area contributed by atoms with Gasteiger partial charge in [0.2, 0.25) is 10.0 Å². The predicted molar refractivity (Wildman–Crippen MR) is 100 cm³/mol. The van der Waals surface area contributed by atoms with Gasteiger partial charge in [0.05, 0.1) is 12.9 Å². The third-order valence-electron chi connectivity index (χ3n) is 3.53. The van der Waals surface area contributed by atoms with Crippen LogP contribution in [0, 0.1) is 11.8 Å². The maximum absolute atomic E-state index is 12.6. The summed E-state index contributed by atoms with van der Waals surface area (Å²) >= 11 is 0. The van der Waals surface area contributed by atoms with Crippen molar-refractivity contribution in [3.8, 4) is 5.75 Å². The fourth-order valence-corrected chi connectivity index (χ4v) is 4.05. The first-order chi connectivity index (χ1) is 11.7. The van der Waals surface area contributed by atoms with Gasteiger partial charge < -0.3 is 10.1 Å². The van der Waals surface area contributed by atoms with Gasteiger partial charge in [-0.3, -0.25) is 4.79 Å². The Morgan fingerprint density at radius 3 is 2.04 bits per heavy atom. The number of hydrogen-bond acceptors (Lipinski definition) is 4. The van der Waals surface area contributed by atoms with Crippen LogP contribution >= 0.6 is 0 Å². The molecule has 25 heavy (non-hydrogen) atoms. The van der Waals surface area contributed by atoms with Crippen molar-refractivity contribution in [2.75, 3.05) is 32.5 Å². The summed E-state index contributed by atoms with van der Waals surface area (Å²) in [5.74, 6) is 0.771. The monoisotopic (exact) mass is 370 g/mol. The maximum Gasteiger partial charge on any atom is 0.251 e. The lowest BCUT2D eigenvalue weighted by atomic mass is 10.2. The van der Waals surface area contributed by atoms with E-state index < -0.39 is 10.0 Å². The normalized spacial score (nSPS) is 12.0. The standard InChI is InChI=1S/C18H30N2O4S/c1-14(2)12-20(13-15(3)4)25(22,23)11-10-19-18(21)16-6-8-17(24-5)9-7-16/h6-9,14-15H,10-13H2,1-5H3,(H,19,21). The largest absolute Gasteiger partial charge is 0.497 e. The molecule has 0 aliphatic rings. The van der Waals surface area contributed by atoms with E-state index in [-0.39, 0.29) is 30.0 Å². The van der Waals surface area contributed by atoms with Gasteiger partial charge >= 0.3 is 0 Å². The van der Waals surface area contributed by atoms with Gasteiger partial charge in [-0.1, -0.05) is 27.7 Å². The van der Waals surface area contributed by atoms with E-state index in [1.54, 1.807) is 31.4 Å². The molecule has 0 unspecified atom stereocenters. The van der Waals surface area contributed by atoms with Crippen LogP contribution in [0.5, 0.6) is 5.75 Å². The average Bonchev–Trinajstić information content (AvgIpc) is 2.53. The molecular weight excluding hydrogens is 340 g/mol. The van der Waals surface area contributed by atoms with E-state index >= 15 is 0 Å². The van der Waals surface area contributed by atoms with Crippen molar-refractivity contribution in [2.24, 2.45) is 11.8 Å². The van der Waals surface area contributed by atoms with Crippen LogP contribution in [0.2, 0.25) is 0 Å². The van der Waals surface area contributed by atoms with Crippen molar-refractivity contribution in [1.29, 1.82) is 0 Å². The summed E-state index contributed by atoms with van der Waals surface area (Å²) in [5.41, 5.74) is 0.472. The highest BCUT2D eigenvalue weighted by molar-refractivity contribution is 7.89. The second kappa shape index (κ2) is 9.77. The number of benzene rings is 1. The van der Waals surface area contributed by atoms with Crippen molar-refractivity contribution in [3.63, 3.8) is 0 Å². The van der Waals surface area contributed by atoms with Gasteiger partial charge in [0.25, 0.3) is 5.91 Å². The summed E-state index contributed by atoms with van der Waals surface area (Å²) in [6.45, 7) is 9.05. The number of nitrogens with zero attached hydrogens (tertiary/aromatic N) is 1. The van der Waals surface area contributed by atoms with Crippen LogP contribution in [0.1, 0.15) is 38.1 Å². The zero-order valence-corrected chi connectivity index (χ0v) is 16.6. The second-order valence-electron chi connectivity index (χ2n) is 6.91. The van der Waals surface area contributed by atoms with Gasteiger partial charge in [-0.25, -0.2) is 12.7 Å². The average molecular weight is 371 g/mol. The summed E-state index contributed by atoms with van der Waals surface area (Å²) in [4.78, 5) is 12.1. The number of methoxy groups -OCH3 is 1. The minimum atomic E-state index is -3.40. The van der Waals surface area contributed by atoms with E-state index in [4.69, 9.17) is 4.74 Å². The molecule has 0 saturated carbocycles. The lowest BCUT2D eigenvalue weighted by molar-refractivity contribution is 0.0956. The SMILES string of the molecule is COc1ccc(C(=O)NCCS(=O)(=O)N(CC(C)C)CC(C)C)cc1. The lowest BCUT2D eigenvalue weighted by Gasteiger charge is -2.25. The maximum atomic E-state index is 12.6. The molecule has 6 nitrogen and oxygen atoms in total. The van der Waals surface area contributed by atoms with Crippen LogP contribution in [0.25, 0.3) is 0 Å². The number of ether oxygens (including phenoxy) is 1. The van der Waals surface area contributed by atoms with E-state index in [0.717, 1.165) is 0 Å². The molecule has 0 aliphatic carbocycles. The summed E-state index contributed by atoms with van der Waals surface area (Å²) in [6, 6.07) is 6.68. The quantitative estimate of drug-likeness (QED) is 0.686. The number of rotatable bonds is 10. The van der Waals surface area contributed by atoms with E-state index in [1.165, 1.54) is 4.31 Å². The Labute approximate surface area is 151 Å². The summed E-state index contributed by atoms with van der Waals surface area (Å²) < 4.78 is 31.7. The van der Waals surface area contributed by atoms with Gasteiger partial charge in [0.1, 0.15) is 5.75 Å². The molecule has 0 atom stereocenters. The van der Waals surface area contributed by atoms with Crippen molar-refractivity contribution >= 4 is 15.9 Å². The predicted octanol–water partition coefficient (Wildman–Crippen LogP) is 2.37. The fourth-order valence-electron chi connectivity index (χ4n) is 2.38. The first-order valence-electron chi connectivity index (χ1n) is 8.55. The number of hydrogen-bond donors (Lipinski definition) is 1. The summed E-state index contributed by atoms with van der Waals surface area (Å²) in [6.07, 6.45) is 0. The highest BCUT2D eigenvalue weighted by Gasteiger charge is 2.23. The highest BCUT2D eigenvalue weighted by Crippen LogP contribution is 2.12. The van der Waals surface area contributed by atoms with Crippen molar-refractivity contribution < 1.29 is 17.9 Å². The molecule has 0 aliphatic heterocycles. The molecule has 0 radical (unpaired) electrons. The van der Waals surface area contributed by atoms with Crippen molar-refractivity contribution in [1.82, 2.24) is 9.62 Å². The highest BCUT2D eigenvalue weighted by atomic mass is 32.2. The Bertz CT molecular complexity index is 630. The van der Waals surface area contributed by atoms with E-state index in [1.807, 2.05) is 27.7 Å². The van der Waals surface area contributed by atoms with Crippen molar-refractivity contribution in [2.45, 2.75) is 27.7 Å². The van der Waals surface area contributed by atoms with Gasteiger partial charge in [-0.05, 0) is 36.1 Å². The zero-order chi connectivity index (χ0) is 19.0. The zero-order valence-electron chi connectivity index (χ0n) is 15.8. The van der Waals surface area contributed by atoms with E-state index in [9.17, 15) is 13.2 Å². The molecule has 0 heterocycles. The Kier molecular flexibility index (Phi) is 8.38. The second-order valence-corrected chi connectivity index (χ2v) is 8.99. The van der Waals surface area contributed by atoms with Crippen LogP contribution < -0.4 is 10.1 Å². The number of carbonyl (C=O) groups excluding carboxylic acids is 1. The van der Waals surface area contributed by atoms with Crippen LogP contribution in [-0.4, -0.2) is 51.1 Å². The Hall–Kier alpha value is -1.60. The summed E-state index contributed by atoms with van der Waals surface area (Å²) in [5, 5.41) is 2.67. The van der Waals surface area contributed by atoms with Gasteiger partial charge in [0, 0.05) is 25.2 Å². The molecule has 142 valence electrons. The van der Waals surface area contributed by atoms with Crippen LogP contribution in [0.4, 0.5) is 0 Å². The first kappa shape index (κ1) is 21.4. The minimum absolute atomic E-state index is 0.0832. The Balaban J connectivity index is 2.62. The molecule has 1 aromatic carbocycles. The Morgan fingerprint density at radius 2 is 1.60 bits per heavy atom. The molecule has 7 heteroatoms. The third kappa shape index (κ3) is 7.44. The molecule has 1 rings (SSSR count). The third-order valence-corrected chi connectivity index (χ3v) is 5.33. The number of amides is 1. The lowest BCUT2D eigenvalue weighted by Crippen LogP contribution is -2.41. The number of carbonyl (C=O) groups is 1. The molecule has 1 N–H and O–H groups in total. The molecule has 0 aromatic heterocycles. The van der Waals surface area contributed by atoms with Gasteiger partial charge in [0.15, 0.2) is 0 Å². The Morgan fingerprint density at radius 1 is 1.08 bits per heavy atom. The first-order valence-corrected chi connectivity index (χ1v) is 10.2.